The number of likely N-dealkylation sites (N-methyl/N-ethyl adjacent to an activating group) is 1. The number of amides is 1. The number of para-hydroxylation sites is 1. The fourth-order valence-corrected chi connectivity index (χ4v) is 3.23. The minimum Gasteiger partial charge on any atom is -0.349 e. The van der Waals surface area contributed by atoms with Crippen molar-refractivity contribution in [3.63, 3.8) is 0 Å². The topological polar surface area (TPSA) is 63.1 Å². The second-order valence-corrected chi connectivity index (χ2v) is 6.63. The first-order chi connectivity index (χ1) is 12.2. The van der Waals surface area contributed by atoms with Crippen LogP contribution in [0.3, 0.4) is 0 Å². The Balaban J connectivity index is 1.76. The molecule has 0 spiro atoms. The zero-order valence-corrected chi connectivity index (χ0v) is 15.3. The van der Waals surface area contributed by atoms with Crippen LogP contribution in [0.4, 0.5) is 0 Å². The predicted octanol–water partition coefficient (Wildman–Crippen LogP) is 2.60. The first-order valence-corrected chi connectivity index (χ1v) is 9.18. The van der Waals surface area contributed by atoms with E-state index in [2.05, 4.69) is 41.3 Å². The lowest BCUT2D eigenvalue weighted by molar-refractivity contribution is 0.0932. The maximum Gasteiger partial charge on any atom is 0.273 e. The van der Waals surface area contributed by atoms with Crippen molar-refractivity contribution in [3.05, 3.63) is 41.7 Å². The molecule has 1 fully saturated rings. The number of aromatic nitrogens is 3. The third-order valence-corrected chi connectivity index (χ3v) is 4.88. The number of carbonyl (C=O) groups excluding carboxylic acids is 1. The molecule has 0 aliphatic heterocycles. The Labute approximate surface area is 149 Å². The predicted molar refractivity (Wildman–Crippen MR) is 98.1 cm³/mol. The van der Waals surface area contributed by atoms with Gasteiger partial charge in [-0.25, -0.2) is 4.68 Å². The van der Waals surface area contributed by atoms with E-state index in [1.54, 1.807) is 0 Å². The summed E-state index contributed by atoms with van der Waals surface area (Å²) in [5.74, 6) is 0.263. The van der Waals surface area contributed by atoms with Gasteiger partial charge in [-0.05, 0) is 45.0 Å². The SMILES string of the molecule is CCN(CC)[C@@H](C)CNC(=O)c1nnn(-c2ccccc2)c1C1CC1. The summed E-state index contributed by atoms with van der Waals surface area (Å²) in [4.78, 5) is 15.0. The Kier molecular flexibility index (Phi) is 5.48. The first-order valence-electron chi connectivity index (χ1n) is 9.18. The van der Waals surface area contributed by atoms with E-state index >= 15 is 0 Å². The lowest BCUT2D eigenvalue weighted by Gasteiger charge is -2.26. The van der Waals surface area contributed by atoms with Crippen molar-refractivity contribution < 1.29 is 4.79 Å². The Hall–Kier alpha value is -2.21. The van der Waals surface area contributed by atoms with E-state index in [1.165, 1.54) is 0 Å². The molecule has 1 aliphatic carbocycles. The standard InChI is InChI=1S/C19H27N5O/c1-4-23(5-2)14(3)13-20-19(25)17-18(15-11-12-15)24(22-21-17)16-9-7-6-8-10-16/h6-10,14-15H,4-5,11-13H2,1-3H3,(H,20,25)/t14-/m0/s1. The van der Waals surface area contributed by atoms with Crippen molar-refractivity contribution in [2.24, 2.45) is 0 Å². The van der Waals surface area contributed by atoms with E-state index in [9.17, 15) is 4.79 Å². The molecule has 0 bridgehead atoms. The molecular formula is C19H27N5O. The summed E-state index contributed by atoms with van der Waals surface area (Å²) >= 11 is 0. The van der Waals surface area contributed by atoms with Crippen molar-refractivity contribution >= 4 is 5.91 Å². The summed E-state index contributed by atoms with van der Waals surface area (Å²) in [5, 5.41) is 11.5. The molecule has 6 nitrogen and oxygen atoms in total. The molecule has 134 valence electrons. The number of benzene rings is 1. The van der Waals surface area contributed by atoms with Crippen LogP contribution in [0.15, 0.2) is 30.3 Å². The van der Waals surface area contributed by atoms with Gasteiger partial charge in [-0.1, -0.05) is 37.3 Å². The Morgan fingerprint density at radius 3 is 2.56 bits per heavy atom. The molecule has 1 heterocycles. The van der Waals surface area contributed by atoms with E-state index in [0.717, 1.165) is 37.3 Å². The average molecular weight is 341 g/mol. The molecular weight excluding hydrogens is 314 g/mol. The van der Waals surface area contributed by atoms with Gasteiger partial charge in [-0.3, -0.25) is 9.69 Å². The van der Waals surface area contributed by atoms with Gasteiger partial charge in [0.05, 0.1) is 11.4 Å². The molecule has 1 N–H and O–H groups in total. The van der Waals surface area contributed by atoms with Crippen LogP contribution >= 0.6 is 0 Å². The number of nitrogens with zero attached hydrogens (tertiary/aromatic N) is 4. The highest BCUT2D eigenvalue weighted by molar-refractivity contribution is 5.93. The fraction of sp³-hybridized carbons (Fsp3) is 0.526. The molecule has 2 aromatic rings. The number of hydrogen-bond donors (Lipinski definition) is 1. The molecule has 3 rings (SSSR count). The molecule has 1 aromatic carbocycles. The van der Waals surface area contributed by atoms with E-state index in [4.69, 9.17) is 0 Å². The number of rotatable bonds is 8. The zero-order valence-electron chi connectivity index (χ0n) is 15.3. The van der Waals surface area contributed by atoms with Crippen molar-refractivity contribution in [2.45, 2.75) is 45.6 Å². The highest BCUT2D eigenvalue weighted by Crippen LogP contribution is 2.41. The third kappa shape index (κ3) is 3.90. The van der Waals surface area contributed by atoms with Crippen molar-refractivity contribution in [1.82, 2.24) is 25.2 Å². The van der Waals surface area contributed by atoms with Crippen LogP contribution in [0.2, 0.25) is 0 Å². The van der Waals surface area contributed by atoms with Crippen molar-refractivity contribution in [1.29, 1.82) is 0 Å². The Morgan fingerprint density at radius 1 is 1.28 bits per heavy atom. The Morgan fingerprint density at radius 2 is 1.96 bits per heavy atom. The van der Waals surface area contributed by atoms with Crippen LogP contribution in [0.25, 0.3) is 5.69 Å². The minimum atomic E-state index is -0.122. The summed E-state index contributed by atoms with van der Waals surface area (Å²) < 4.78 is 1.82. The van der Waals surface area contributed by atoms with Gasteiger partial charge < -0.3 is 5.32 Å². The quantitative estimate of drug-likeness (QED) is 0.802. The molecule has 1 aromatic heterocycles. The lowest BCUT2D eigenvalue weighted by atomic mass is 10.2. The highest BCUT2D eigenvalue weighted by Gasteiger charge is 2.34. The van der Waals surface area contributed by atoms with Gasteiger partial charge in [0.15, 0.2) is 5.69 Å². The van der Waals surface area contributed by atoms with Gasteiger partial charge in [0.1, 0.15) is 0 Å². The molecule has 0 unspecified atom stereocenters. The van der Waals surface area contributed by atoms with Crippen LogP contribution in [-0.2, 0) is 0 Å². The summed E-state index contributed by atoms with van der Waals surface area (Å²) in [6.07, 6.45) is 2.19. The molecule has 0 saturated heterocycles. The number of nitrogens with one attached hydrogen (secondary N) is 1. The smallest absolute Gasteiger partial charge is 0.273 e. The van der Waals surface area contributed by atoms with Crippen LogP contribution in [0.5, 0.6) is 0 Å². The molecule has 1 aliphatic rings. The first kappa shape index (κ1) is 17.6. The van der Waals surface area contributed by atoms with Gasteiger partial charge >= 0.3 is 0 Å². The van der Waals surface area contributed by atoms with E-state index in [-0.39, 0.29) is 5.91 Å². The van der Waals surface area contributed by atoms with Crippen LogP contribution in [-0.4, -0.2) is 51.5 Å². The van der Waals surface area contributed by atoms with E-state index in [0.29, 0.717) is 24.2 Å². The summed E-state index contributed by atoms with van der Waals surface area (Å²) in [7, 11) is 0. The second-order valence-electron chi connectivity index (χ2n) is 6.63. The lowest BCUT2D eigenvalue weighted by Crippen LogP contribution is -2.42. The van der Waals surface area contributed by atoms with E-state index in [1.807, 2.05) is 35.0 Å². The highest BCUT2D eigenvalue weighted by atomic mass is 16.2. The second kappa shape index (κ2) is 7.78. The van der Waals surface area contributed by atoms with Gasteiger partial charge in [0, 0.05) is 18.5 Å². The summed E-state index contributed by atoms with van der Waals surface area (Å²) in [6.45, 7) is 8.98. The molecule has 1 atom stereocenters. The fourth-order valence-electron chi connectivity index (χ4n) is 3.23. The maximum absolute atomic E-state index is 12.7. The van der Waals surface area contributed by atoms with Gasteiger partial charge in [0.2, 0.25) is 0 Å². The monoisotopic (exact) mass is 341 g/mol. The van der Waals surface area contributed by atoms with Crippen molar-refractivity contribution in [2.75, 3.05) is 19.6 Å². The number of hydrogen-bond acceptors (Lipinski definition) is 4. The van der Waals surface area contributed by atoms with Gasteiger partial charge in [-0.15, -0.1) is 5.10 Å². The molecule has 0 radical (unpaired) electrons. The average Bonchev–Trinajstić information content (AvgIpc) is 3.39. The minimum absolute atomic E-state index is 0.122. The van der Waals surface area contributed by atoms with Gasteiger partial charge in [0.25, 0.3) is 5.91 Å². The summed E-state index contributed by atoms with van der Waals surface area (Å²) in [5.41, 5.74) is 2.37. The molecule has 25 heavy (non-hydrogen) atoms. The molecule has 6 heteroatoms. The largest absolute Gasteiger partial charge is 0.349 e. The van der Waals surface area contributed by atoms with Crippen LogP contribution < -0.4 is 5.32 Å². The normalized spacial score (nSPS) is 15.4. The molecule has 1 amide bonds. The summed E-state index contributed by atoms with van der Waals surface area (Å²) in [6, 6.07) is 10.2. The van der Waals surface area contributed by atoms with Gasteiger partial charge in [-0.2, -0.15) is 0 Å². The van der Waals surface area contributed by atoms with Crippen LogP contribution in [0.1, 0.15) is 55.7 Å². The zero-order chi connectivity index (χ0) is 17.8. The molecule has 1 saturated carbocycles. The van der Waals surface area contributed by atoms with E-state index < -0.39 is 0 Å². The number of carbonyl (C=O) groups is 1. The van der Waals surface area contributed by atoms with Crippen molar-refractivity contribution in [3.8, 4) is 5.69 Å². The maximum atomic E-state index is 12.7. The Bertz CT molecular complexity index is 704. The third-order valence-electron chi connectivity index (χ3n) is 4.88. The van der Waals surface area contributed by atoms with Crippen LogP contribution in [0, 0.1) is 0 Å².